The molecule has 1 saturated heterocycles. The first-order valence-corrected chi connectivity index (χ1v) is 5.91. The first-order valence-electron chi connectivity index (χ1n) is 5.12. The van der Waals surface area contributed by atoms with Crippen molar-refractivity contribution in [3.8, 4) is 0 Å². The van der Waals surface area contributed by atoms with Gasteiger partial charge in [-0.25, -0.2) is 0 Å². The second-order valence-electron chi connectivity index (χ2n) is 3.95. The first kappa shape index (κ1) is 11.3. The maximum Gasteiger partial charge on any atom is 0.241 e. The van der Waals surface area contributed by atoms with E-state index in [1.54, 1.807) is 4.90 Å². The van der Waals surface area contributed by atoms with Crippen molar-refractivity contribution in [1.29, 1.82) is 0 Å². The Bertz CT molecular complexity index is 422. The SMILES string of the molecule is CN1CCN(c2ccc(N)cc2Br)CC1=O. The van der Waals surface area contributed by atoms with Crippen LogP contribution < -0.4 is 10.6 Å². The molecule has 0 radical (unpaired) electrons. The van der Waals surface area contributed by atoms with Crippen LogP contribution >= 0.6 is 15.9 Å². The molecule has 0 aromatic heterocycles. The third-order valence-corrected chi connectivity index (χ3v) is 3.40. The Morgan fingerprint density at radius 2 is 2.12 bits per heavy atom. The largest absolute Gasteiger partial charge is 0.399 e. The Hall–Kier alpha value is -1.23. The van der Waals surface area contributed by atoms with Crippen LogP contribution in [0.15, 0.2) is 22.7 Å². The summed E-state index contributed by atoms with van der Waals surface area (Å²) in [4.78, 5) is 15.4. The lowest BCUT2D eigenvalue weighted by molar-refractivity contribution is -0.129. The monoisotopic (exact) mass is 283 g/mol. The van der Waals surface area contributed by atoms with Gasteiger partial charge in [0.05, 0.1) is 12.2 Å². The van der Waals surface area contributed by atoms with Crippen molar-refractivity contribution in [3.05, 3.63) is 22.7 Å². The summed E-state index contributed by atoms with van der Waals surface area (Å²) in [6.07, 6.45) is 0. The lowest BCUT2D eigenvalue weighted by Gasteiger charge is -2.34. The van der Waals surface area contributed by atoms with Crippen molar-refractivity contribution >= 4 is 33.2 Å². The van der Waals surface area contributed by atoms with Gasteiger partial charge in [-0.3, -0.25) is 4.79 Å². The summed E-state index contributed by atoms with van der Waals surface area (Å²) in [5.74, 6) is 0.148. The highest BCUT2D eigenvalue weighted by Crippen LogP contribution is 2.28. The second kappa shape index (κ2) is 4.33. The number of nitrogen functional groups attached to an aromatic ring is 1. The molecular weight excluding hydrogens is 270 g/mol. The zero-order valence-electron chi connectivity index (χ0n) is 9.11. The topological polar surface area (TPSA) is 49.6 Å². The molecule has 5 heteroatoms. The Balaban J connectivity index is 2.22. The summed E-state index contributed by atoms with van der Waals surface area (Å²) in [6.45, 7) is 2.04. The normalized spacial score (nSPS) is 16.8. The third kappa shape index (κ3) is 2.14. The van der Waals surface area contributed by atoms with Crippen LogP contribution in [0.5, 0.6) is 0 Å². The molecule has 0 saturated carbocycles. The average Bonchev–Trinajstić information content (AvgIpc) is 2.22. The summed E-state index contributed by atoms with van der Waals surface area (Å²) < 4.78 is 0.935. The molecule has 1 aromatic rings. The van der Waals surface area contributed by atoms with Crippen LogP contribution in [0, 0.1) is 0 Å². The van der Waals surface area contributed by atoms with Gasteiger partial charge >= 0.3 is 0 Å². The summed E-state index contributed by atoms with van der Waals surface area (Å²) in [5.41, 5.74) is 7.43. The van der Waals surface area contributed by atoms with E-state index in [1.165, 1.54) is 0 Å². The van der Waals surface area contributed by atoms with E-state index >= 15 is 0 Å². The Labute approximate surface area is 103 Å². The minimum atomic E-state index is 0.148. The van der Waals surface area contributed by atoms with Gasteiger partial charge in [-0.2, -0.15) is 0 Å². The number of carbonyl (C=O) groups excluding carboxylic acids is 1. The molecule has 0 spiro atoms. The predicted molar refractivity (Wildman–Crippen MR) is 68.4 cm³/mol. The fourth-order valence-corrected chi connectivity index (χ4v) is 2.39. The van der Waals surface area contributed by atoms with Gasteiger partial charge in [-0.15, -0.1) is 0 Å². The van der Waals surface area contributed by atoms with Crippen molar-refractivity contribution in [3.63, 3.8) is 0 Å². The van der Waals surface area contributed by atoms with Gasteiger partial charge in [0.1, 0.15) is 0 Å². The summed E-state index contributed by atoms with van der Waals surface area (Å²) in [5, 5.41) is 0. The van der Waals surface area contributed by atoms with Gasteiger partial charge in [0.2, 0.25) is 5.91 Å². The van der Waals surface area contributed by atoms with Crippen molar-refractivity contribution < 1.29 is 4.79 Å². The molecule has 4 nitrogen and oxygen atoms in total. The maximum atomic E-state index is 11.6. The van der Waals surface area contributed by atoms with E-state index in [4.69, 9.17) is 5.73 Å². The Kier molecular flexibility index (Phi) is 3.05. The van der Waals surface area contributed by atoms with Gasteiger partial charge in [0.15, 0.2) is 0 Å². The molecule has 2 rings (SSSR count). The molecule has 0 unspecified atom stereocenters. The number of rotatable bonds is 1. The van der Waals surface area contributed by atoms with E-state index in [9.17, 15) is 4.79 Å². The smallest absolute Gasteiger partial charge is 0.241 e. The summed E-state index contributed by atoms with van der Waals surface area (Å²) in [6, 6.07) is 5.65. The number of amides is 1. The van der Waals surface area contributed by atoms with Crippen LogP contribution in [-0.2, 0) is 4.79 Å². The molecule has 0 bridgehead atoms. The molecule has 1 aromatic carbocycles. The van der Waals surface area contributed by atoms with E-state index in [2.05, 4.69) is 20.8 Å². The number of benzene rings is 1. The molecule has 0 atom stereocenters. The molecule has 2 N–H and O–H groups in total. The minimum absolute atomic E-state index is 0.148. The van der Waals surface area contributed by atoms with Crippen LogP contribution in [0.2, 0.25) is 0 Å². The molecular formula is C11H14BrN3O. The number of likely N-dealkylation sites (N-methyl/N-ethyl adjacent to an activating group) is 1. The van der Waals surface area contributed by atoms with Gasteiger partial charge in [0, 0.05) is 30.3 Å². The fraction of sp³-hybridized carbons (Fsp3) is 0.364. The zero-order valence-corrected chi connectivity index (χ0v) is 10.7. The van der Waals surface area contributed by atoms with Crippen LogP contribution in [0.3, 0.4) is 0 Å². The summed E-state index contributed by atoms with van der Waals surface area (Å²) >= 11 is 3.47. The van der Waals surface area contributed by atoms with E-state index < -0.39 is 0 Å². The number of hydrogen-bond acceptors (Lipinski definition) is 3. The van der Waals surface area contributed by atoms with E-state index in [1.807, 2.05) is 25.2 Å². The third-order valence-electron chi connectivity index (χ3n) is 2.77. The molecule has 1 aliphatic rings. The van der Waals surface area contributed by atoms with Crippen LogP contribution in [0.4, 0.5) is 11.4 Å². The number of anilines is 2. The molecule has 16 heavy (non-hydrogen) atoms. The molecule has 1 amide bonds. The summed E-state index contributed by atoms with van der Waals surface area (Å²) in [7, 11) is 1.83. The van der Waals surface area contributed by atoms with Crippen molar-refractivity contribution in [2.45, 2.75) is 0 Å². The number of piperazine rings is 1. The van der Waals surface area contributed by atoms with E-state index in [0.29, 0.717) is 6.54 Å². The number of hydrogen-bond donors (Lipinski definition) is 1. The van der Waals surface area contributed by atoms with E-state index in [-0.39, 0.29) is 5.91 Å². The average molecular weight is 284 g/mol. The molecule has 1 fully saturated rings. The molecule has 1 heterocycles. The first-order chi connectivity index (χ1) is 7.58. The van der Waals surface area contributed by atoms with Crippen LogP contribution in [0.25, 0.3) is 0 Å². The van der Waals surface area contributed by atoms with Crippen molar-refractivity contribution in [2.75, 3.05) is 37.3 Å². The standard InChI is InChI=1S/C11H14BrN3O/c1-14-4-5-15(7-11(14)16)10-3-2-8(13)6-9(10)12/h2-3,6H,4-5,7,13H2,1H3. The fourth-order valence-electron chi connectivity index (χ4n) is 1.74. The van der Waals surface area contributed by atoms with E-state index in [0.717, 1.165) is 28.9 Å². The highest BCUT2D eigenvalue weighted by atomic mass is 79.9. The van der Waals surface area contributed by atoms with Gasteiger partial charge in [-0.1, -0.05) is 0 Å². The lowest BCUT2D eigenvalue weighted by atomic mass is 10.2. The number of carbonyl (C=O) groups is 1. The molecule has 1 aliphatic heterocycles. The Morgan fingerprint density at radius 3 is 2.75 bits per heavy atom. The maximum absolute atomic E-state index is 11.6. The van der Waals surface area contributed by atoms with Crippen LogP contribution in [-0.4, -0.2) is 37.5 Å². The highest BCUT2D eigenvalue weighted by Gasteiger charge is 2.22. The molecule has 86 valence electrons. The predicted octanol–water partition coefficient (Wildman–Crippen LogP) is 1.31. The lowest BCUT2D eigenvalue weighted by Crippen LogP contribution is -2.48. The van der Waals surface area contributed by atoms with Gasteiger partial charge in [0.25, 0.3) is 0 Å². The van der Waals surface area contributed by atoms with Gasteiger partial charge < -0.3 is 15.5 Å². The zero-order chi connectivity index (χ0) is 11.7. The number of nitrogens with zero attached hydrogens (tertiary/aromatic N) is 2. The minimum Gasteiger partial charge on any atom is -0.399 e. The number of halogens is 1. The number of nitrogens with two attached hydrogens (primary N) is 1. The second-order valence-corrected chi connectivity index (χ2v) is 4.80. The van der Waals surface area contributed by atoms with Crippen molar-refractivity contribution in [2.24, 2.45) is 0 Å². The van der Waals surface area contributed by atoms with Crippen LogP contribution in [0.1, 0.15) is 0 Å². The Morgan fingerprint density at radius 1 is 1.38 bits per heavy atom. The molecule has 0 aliphatic carbocycles. The highest BCUT2D eigenvalue weighted by molar-refractivity contribution is 9.10. The van der Waals surface area contributed by atoms with Gasteiger partial charge in [-0.05, 0) is 34.1 Å². The van der Waals surface area contributed by atoms with Crippen molar-refractivity contribution in [1.82, 2.24) is 4.90 Å². The quantitative estimate of drug-likeness (QED) is 0.791.